The number of halogens is 6. The molecule has 3 aliphatic rings. The lowest BCUT2D eigenvalue weighted by Crippen LogP contribution is -2.29. The molecule has 2 aliphatic heterocycles. The topological polar surface area (TPSA) is 6.48 Å². The van der Waals surface area contributed by atoms with Crippen molar-refractivity contribution in [2.75, 3.05) is 22.9 Å². The van der Waals surface area contributed by atoms with Crippen LogP contribution in [0.5, 0.6) is 0 Å². The smallest absolute Gasteiger partial charge is 0.341 e. The van der Waals surface area contributed by atoms with Crippen LogP contribution in [0.3, 0.4) is 0 Å². The minimum absolute atomic E-state index is 0.485. The van der Waals surface area contributed by atoms with E-state index in [0.717, 1.165) is 73.0 Å². The summed E-state index contributed by atoms with van der Waals surface area (Å²) in [5, 5.41) is 2.03. The van der Waals surface area contributed by atoms with E-state index in [2.05, 4.69) is 70.5 Å². The van der Waals surface area contributed by atoms with Crippen molar-refractivity contribution >= 4 is 33.5 Å². The van der Waals surface area contributed by atoms with Crippen molar-refractivity contribution in [1.29, 1.82) is 0 Å². The minimum Gasteiger partial charge on any atom is -0.341 e. The lowest BCUT2D eigenvalue weighted by Gasteiger charge is -2.35. The predicted molar refractivity (Wildman–Crippen MR) is 206 cm³/mol. The van der Waals surface area contributed by atoms with Gasteiger partial charge in [-0.2, -0.15) is 26.3 Å². The average molecular weight is 739 g/mol. The second-order valence-electron chi connectivity index (χ2n) is 14.6. The van der Waals surface area contributed by atoms with Crippen LogP contribution in [0.1, 0.15) is 44.5 Å². The highest BCUT2D eigenvalue weighted by molar-refractivity contribution is 6.10. The molecule has 0 aromatic heterocycles. The molecule has 0 bridgehead atoms. The molecule has 0 N–H and O–H groups in total. The summed E-state index contributed by atoms with van der Waals surface area (Å²) in [6, 6.07) is 45.6. The van der Waals surface area contributed by atoms with E-state index in [1.165, 1.54) is 18.2 Å². The van der Waals surface area contributed by atoms with E-state index >= 15 is 0 Å². The van der Waals surface area contributed by atoms with Crippen LogP contribution in [0.15, 0.2) is 146 Å². The third-order valence-electron chi connectivity index (χ3n) is 11.7. The Morgan fingerprint density at radius 1 is 0.455 bits per heavy atom. The molecule has 2 nitrogen and oxygen atoms in total. The fraction of sp³-hybridized carbons (Fsp3) is 0.149. The maximum atomic E-state index is 13.8. The fourth-order valence-corrected chi connectivity index (χ4v) is 9.38. The van der Waals surface area contributed by atoms with Gasteiger partial charge in [0, 0.05) is 41.2 Å². The standard InChI is InChI=1S/C47H32F6N2/c48-46(49,50)33-15-19-41-29(25-33)21-23-54(41)35-17-18-38-39(27-35)45(31-9-3-1-4-10-31,32-11-5-2-6-12-32)40-28-43(36-13-7-8-14-37(36)44(38)40)55-24-22-30-26-34(47(51,52)53)16-20-42(30)55/h1-20,25-28H,21-24H2. The summed E-state index contributed by atoms with van der Waals surface area (Å²) >= 11 is 0. The number of rotatable bonds is 4. The van der Waals surface area contributed by atoms with E-state index < -0.39 is 28.9 Å². The highest BCUT2D eigenvalue weighted by Crippen LogP contribution is 2.60. The van der Waals surface area contributed by atoms with Gasteiger partial charge in [-0.15, -0.1) is 0 Å². The lowest BCUT2D eigenvalue weighted by molar-refractivity contribution is -0.138. The minimum atomic E-state index is -4.43. The van der Waals surface area contributed by atoms with E-state index in [4.69, 9.17) is 0 Å². The van der Waals surface area contributed by atoms with Crippen LogP contribution in [0.25, 0.3) is 21.9 Å². The molecular formula is C47H32F6N2. The van der Waals surface area contributed by atoms with Crippen molar-refractivity contribution in [2.24, 2.45) is 0 Å². The molecule has 0 spiro atoms. The molecule has 0 amide bonds. The summed E-state index contributed by atoms with van der Waals surface area (Å²) in [5.74, 6) is 0. The van der Waals surface area contributed by atoms with Gasteiger partial charge >= 0.3 is 12.4 Å². The van der Waals surface area contributed by atoms with Gasteiger partial charge in [-0.05, 0) is 117 Å². The molecule has 0 saturated carbocycles. The first-order valence-corrected chi connectivity index (χ1v) is 18.3. The first-order chi connectivity index (χ1) is 26.5. The number of hydrogen-bond donors (Lipinski definition) is 0. The Kier molecular flexibility index (Phi) is 7.31. The SMILES string of the molecule is FC(F)(F)c1ccc2c(c1)CCN2c1ccc2c(c1)C(c1ccccc1)(c1ccccc1)c1cc(N3CCc4cc(C(F)(F)F)ccc43)c3ccccc3c1-2. The average Bonchev–Trinajstić information content (AvgIpc) is 3.90. The third kappa shape index (κ3) is 5.03. The Labute approximate surface area is 313 Å². The van der Waals surface area contributed by atoms with Crippen molar-refractivity contribution in [3.63, 3.8) is 0 Å². The van der Waals surface area contributed by atoms with Gasteiger partial charge in [-0.1, -0.05) is 91.0 Å². The third-order valence-corrected chi connectivity index (χ3v) is 11.7. The molecule has 0 saturated heterocycles. The van der Waals surface area contributed by atoms with Crippen LogP contribution in [-0.4, -0.2) is 13.1 Å². The Hall–Kier alpha value is -6.02. The summed E-state index contributed by atoms with van der Waals surface area (Å²) in [4.78, 5) is 4.27. The van der Waals surface area contributed by atoms with Crippen molar-refractivity contribution in [3.05, 3.63) is 190 Å². The zero-order valence-corrected chi connectivity index (χ0v) is 29.3. The number of fused-ring (bicyclic) bond motifs is 7. The highest BCUT2D eigenvalue weighted by atomic mass is 19.4. The molecule has 7 aromatic carbocycles. The Morgan fingerprint density at radius 3 is 1.56 bits per heavy atom. The Morgan fingerprint density at radius 2 is 0.982 bits per heavy atom. The van der Waals surface area contributed by atoms with E-state index in [-0.39, 0.29) is 0 Å². The van der Waals surface area contributed by atoms with E-state index in [1.54, 1.807) is 12.1 Å². The summed E-state index contributed by atoms with van der Waals surface area (Å²) < 4.78 is 82.4. The molecule has 0 fully saturated rings. The van der Waals surface area contributed by atoms with Crippen molar-refractivity contribution in [3.8, 4) is 11.1 Å². The van der Waals surface area contributed by atoms with Crippen LogP contribution >= 0.6 is 0 Å². The highest BCUT2D eigenvalue weighted by Gasteiger charge is 2.48. The molecule has 2 heterocycles. The molecular weight excluding hydrogens is 707 g/mol. The summed E-state index contributed by atoms with van der Waals surface area (Å²) in [7, 11) is 0. The summed E-state index contributed by atoms with van der Waals surface area (Å²) in [5.41, 5.74) is 8.91. The number of nitrogens with zero attached hydrogens (tertiary/aromatic N) is 2. The number of alkyl halides is 6. The molecule has 1 aliphatic carbocycles. The summed E-state index contributed by atoms with van der Waals surface area (Å²) in [6.07, 6.45) is -7.87. The van der Waals surface area contributed by atoms with E-state index in [1.807, 2.05) is 48.5 Å². The van der Waals surface area contributed by atoms with Gasteiger partial charge in [-0.3, -0.25) is 0 Å². The lowest BCUT2D eigenvalue weighted by atomic mass is 9.67. The number of anilines is 4. The molecule has 0 atom stereocenters. The van der Waals surface area contributed by atoms with Crippen molar-refractivity contribution in [2.45, 2.75) is 30.6 Å². The van der Waals surface area contributed by atoms with Gasteiger partial charge in [0.1, 0.15) is 0 Å². The van der Waals surface area contributed by atoms with Crippen LogP contribution in [-0.2, 0) is 30.6 Å². The quantitative estimate of drug-likeness (QED) is 0.166. The first kappa shape index (κ1) is 33.5. The normalized spacial score (nSPS) is 15.6. The molecule has 55 heavy (non-hydrogen) atoms. The van der Waals surface area contributed by atoms with E-state index in [9.17, 15) is 26.3 Å². The molecule has 0 radical (unpaired) electrons. The monoisotopic (exact) mass is 738 g/mol. The van der Waals surface area contributed by atoms with Gasteiger partial charge in [0.05, 0.1) is 16.5 Å². The fourth-order valence-electron chi connectivity index (χ4n) is 9.38. The van der Waals surface area contributed by atoms with E-state index in [0.29, 0.717) is 37.1 Å². The van der Waals surface area contributed by atoms with Gasteiger partial charge in [-0.25, -0.2) is 0 Å². The van der Waals surface area contributed by atoms with Crippen molar-refractivity contribution in [1.82, 2.24) is 0 Å². The summed E-state index contributed by atoms with van der Waals surface area (Å²) in [6.45, 7) is 1.08. The van der Waals surface area contributed by atoms with Crippen LogP contribution < -0.4 is 9.80 Å². The van der Waals surface area contributed by atoms with Gasteiger partial charge in [0.2, 0.25) is 0 Å². The molecule has 8 heteroatoms. The predicted octanol–water partition coefficient (Wildman–Crippen LogP) is 12.6. The Bertz CT molecular complexity index is 2610. The first-order valence-electron chi connectivity index (χ1n) is 18.3. The molecule has 10 rings (SSSR count). The number of hydrogen-bond acceptors (Lipinski definition) is 2. The van der Waals surface area contributed by atoms with Crippen LogP contribution in [0.4, 0.5) is 49.1 Å². The Balaban J connectivity index is 1.23. The van der Waals surface area contributed by atoms with Gasteiger partial charge < -0.3 is 9.80 Å². The maximum absolute atomic E-state index is 13.8. The second-order valence-corrected chi connectivity index (χ2v) is 14.6. The number of benzene rings is 7. The zero-order chi connectivity index (χ0) is 37.7. The van der Waals surface area contributed by atoms with Gasteiger partial charge in [0.15, 0.2) is 0 Å². The second kappa shape index (κ2) is 12.0. The van der Waals surface area contributed by atoms with Crippen LogP contribution in [0, 0.1) is 0 Å². The zero-order valence-electron chi connectivity index (χ0n) is 29.3. The largest absolute Gasteiger partial charge is 0.416 e. The van der Waals surface area contributed by atoms with Gasteiger partial charge in [0.25, 0.3) is 0 Å². The molecule has 7 aromatic rings. The van der Waals surface area contributed by atoms with Crippen LogP contribution in [0.2, 0.25) is 0 Å². The van der Waals surface area contributed by atoms with Crippen molar-refractivity contribution < 1.29 is 26.3 Å². The maximum Gasteiger partial charge on any atom is 0.416 e. The molecule has 272 valence electrons. The molecule has 0 unspecified atom stereocenters.